The largest absolute Gasteiger partial charge is 0.416 e. The van der Waals surface area contributed by atoms with E-state index in [1.807, 2.05) is 6.07 Å². The van der Waals surface area contributed by atoms with Gasteiger partial charge < -0.3 is 10.6 Å². The number of carbonyl (C=O) groups is 1. The van der Waals surface area contributed by atoms with Crippen molar-refractivity contribution in [1.29, 1.82) is 0 Å². The van der Waals surface area contributed by atoms with Crippen molar-refractivity contribution in [2.75, 3.05) is 26.2 Å². The zero-order chi connectivity index (χ0) is 21.0. The highest BCUT2D eigenvalue weighted by Gasteiger charge is 2.31. The molecule has 3 rings (SSSR count). The lowest BCUT2D eigenvalue weighted by Gasteiger charge is -2.36. The average molecular weight is 409 g/mol. The fourth-order valence-electron chi connectivity index (χ4n) is 3.47. The van der Waals surface area contributed by atoms with Gasteiger partial charge in [-0.25, -0.2) is 4.39 Å². The number of rotatable bonds is 5. The zero-order valence-corrected chi connectivity index (χ0v) is 15.8. The van der Waals surface area contributed by atoms with Crippen LogP contribution in [0.3, 0.4) is 0 Å². The molecule has 0 aromatic heterocycles. The van der Waals surface area contributed by atoms with Crippen LogP contribution in [0.4, 0.5) is 17.6 Å². The number of benzene rings is 2. The summed E-state index contributed by atoms with van der Waals surface area (Å²) in [7, 11) is 0. The lowest BCUT2D eigenvalue weighted by atomic mass is 10.0. The maximum absolute atomic E-state index is 13.3. The van der Waals surface area contributed by atoms with E-state index in [2.05, 4.69) is 4.90 Å². The Kier molecular flexibility index (Phi) is 6.54. The second-order valence-electron chi connectivity index (χ2n) is 7.24. The topological polar surface area (TPSA) is 49.6 Å². The Hall–Kier alpha value is -2.45. The van der Waals surface area contributed by atoms with E-state index in [0.29, 0.717) is 38.3 Å². The van der Waals surface area contributed by atoms with Gasteiger partial charge in [0.2, 0.25) is 5.91 Å². The molecular formula is C21H23F4N3O. The molecule has 1 saturated heterocycles. The number of nitrogens with zero attached hydrogens (tertiary/aromatic N) is 2. The van der Waals surface area contributed by atoms with Crippen molar-refractivity contribution in [3.05, 3.63) is 71.0 Å². The monoisotopic (exact) mass is 409 g/mol. The van der Waals surface area contributed by atoms with Crippen molar-refractivity contribution in [2.45, 2.75) is 25.2 Å². The summed E-state index contributed by atoms with van der Waals surface area (Å²) in [6.45, 7) is 2.79. The molecule has 156 valence electrons. The molecule has 0 bridgehead atoms. The molecule has 0 saturated carbocycles. The maximum Gasteiger partial charge on any atom is 0.416 e. The fraction of sp³-hybridized carbons (Fsp3) is 0.381. The number of hydrogen-bond donors (Lipinski definition) is 1. The van der Waals surface area contributed by atoms with Gasteiger partial charge in [0, 0.05) is 32.7 Å². The van der Waals surface area contributed by atoms with E-state index in [9.17, 15) is 22.4 Å². The lowest BCUT2D eigenvalue weighted by molar-refractivity contribution is -0.137. The van der Waals surface area contributed by atoms with Crippen molar-refractivity contribution in [3.8, 4) is 0 Å². The van der Waals surface area contributed by atoms with Crippen LogP contribution in [-0.2, 0) is 23.9 Å². The Morgan fingerprint density at radius 1 is 1.00 bits per heavy atom. The van der Waals surface area contributed by atoms with Crippen molar-refractivity contribution < 1.29 is 22.4 Å². The normalized spacial score (nSPS) is 16.7. The molecule has 0 radical (unpaired) electrons. The van der Waals surface area contributed by atoms with Gasteiger partial charge in [0.15, 0.2) is 0 Å². The van der Waals surface area contributed by atoms with E-state index in [1.165, 1.54) is 18.2 Å². The van der Waals surface area contributed by atoms with E-state index in [1.54, 1.807) is 17.0 Å². The third-order valence-electron chi connectivity index (χ3n) is 5.01. The number of carbonyl (C=O) groups excluding carboxylic acids is 1. The van der Waals surface area contributed by atoms with Crippen LogP contribution in [0.2, 0.25) is 0 Å². The molecule has 1 heterocycles. The van der Waals surface area contributed by atoms with E-state index >= 15 is 0 Å². The van der Waals surface area contributed by atoms with Crippen LogP contribution in [0.15, 0.2) is 48.5 Å². The van der Waals surface area contributed by atoms with Crippen molar-refractivity contribution >= 4 is 5.91 Å². The van der Waals surface area contributed by atoms with Crippen LogP contribution < -0.4 is 5.73 Å². The van der Waals surface area contributed by atoms with Gasteiger partial charge in [-0.15, -0.1) is 0 Å². The maximum atomic E-state index is 13.3. The van der Waals surface area contributed by atoms with Gasteiger partial charge in [-0.05, 0) is 35.7 Å². The number of piperazine rings is 1. The smallest absolute Gasteiger partial charge is 0.339 e. The highest BCUT2D eigenvalue weighted by Crippen LogP contribution is 2.29. The number of alkyl halides is 3. The van der Waals surface area contributed by atoms with Crippen LogP contribution in [0, 0.1) is 5.82 Å². The quantitative estimate of drug-likeness (QED) is 0.773. The lowest BCUT2D eigenvalue weighted by Crippen LogP contribution is -2.53. The number of hydrogen-bond acceptors (Lipinski definition) is 3. The van der Waals surface area contributed by atoms with Crippen molar-refractivity contribution in [1.82, 2.24) is 9.80 Å². The molecule has 4 nitrogen and oxygen atoms in total. The Bertz CT molecular complexity index is 848. The Labute approximate surface area is 166 Å². The summed E-state index contributed by atoms with van der Waals surface area (Å²) in [5, 5.41) is 0. The first-order valence-electron chi connectivity index (χ1n) is 9.39. The minimum absolute atomic E-state index is 0.0479. The predicted molar refractivity (Wildman–Crippen MR) is 101 cm³/mol. The van der Waals surface area contributed by atoms with Gasteiger partial charge in [0.05, 0.1) is 11.6 Å². The van der Waals surface area contributed by atoms with Gasteiger partial charge >= 0.3 is 6.18 Å². The number of nitrogens with two attached hydrogens (primary N) is 1. The van der Waals surface area contributed by atoms with Crippen LogP contribution >= 0.6 is 0 Å². The van der Waals surface area contributed by atoms with Gasteiger partial charge in [-0.1, -0.05) is 30.3 Å². The Morgan fingerprint density at radius 2 is 1.66 bits per heavy atom. The standard InChI is InChI=1S/C21H23F4N3O/c22-18-6-2-4-16(12-18)14-27-7-9-28(10-8-27)20(29)19(26)13-15-3-1-5-17(11-15)21(23,24)25/h1-6,11-12,19H,7-10,13-14,26H2. The summed E-state index contributed by atoms with van der Waals surface area (Å²) >= 11 is 0. The molecule has 0 aliphatic carbocycles. The minimum atomic E-state index is -4.43. The predicted octanol–water partition coefficient (Wildman–Crippen LogP) is 3.06. The molecule has 2 aromatic rings. The number of halogens is 4. The molecule has 1 amide bonds. The average Bonchev–Trinajstić information content (AvgIpc) is 2.67. The molecular weight excluding hydrogens is 386 g/mol. The molecule has 29 heavy (non-hydrogen) atoms. The zero-order valence-electron chi connectivity index (χ0n) is 15.8. The first-order chi connectivity index (χ1) is 13.7. The van der Waals surface area contributed by atoms with Gasteiger partial charge in [-0.3, -0.25) is 9.69 Å². The van der Waals surface area contributed by atoms with Gasteiger partial charge in [-0.2, -0.15) is 13.2 Å². The van der Waals surface area contributed by atoms with Crippen LogP contribution in [0.5, 0.6) is 0 Å². The summed E-state index contributed by atoms with van der Waals surface area (Å²) in [5.74, 6) is -0.551. The second-order valence-corrected chi connectivity index (χ2v) is 7.24. The molecule has 1 atom stereocenters. The third-order valence-corrected chi connectivity index (χ3v) is 5.01. The summed E-state index contributed by atoms with van der Waals surface area (Å²) in [6.07, 6.45) is -4.38. The molecule has 1 aliphatic rings. The summed E-state index contributed by atoms with van der Waals surface area (Å²) < 4.78 is 51.8. The fourth-order valence-corrected chi connectivity index (χ4v) is 3.47. The molecule has 0 spiro atoms. The Morgan fingerprint density at radius 3 is 2.31 bits per heavy atom. The molecule has 8 heteroatoms. The molecule has 1 aliphatic heterocycles. The second kappa shape index (κ2) is 8.92. The summed E-state index contributed by atoms with van der Waals surface area (Å²) in [4.78, 5) is 16.4. The van der Waals surface area contributed by atoms with Crippen LogP contribution in [0.25, 0.3) is 0 Å². The molecule has 2 aromatic carbocycles. The van der Waals surface area contributed by atoms with E-state index in [4.69, 9.17) is 5.73 Å². The number of amides is 1. The van der Waals surface area contributed by atoms with Crippen LogP contribution in [0.1, 0.15) is 16.7 Å². The highest BCUT2D eigenvalue weighted by atomic mass is 19.4. The van der Waals surface area contributed by atoms with Gasteiger partial charge in [0.1, 0.15) is 5.82 Å². The van der Waals surface area contributed by atoms with Crippen LogP contribution in [-0.4, -0.2) is 47.9 Å². The summed E-state index contributed by atoms with van der Waals surface area (Å²) in [5.41, 5.74) is 6.48. The molecule has 1 unspecified atom stereocenters. The van der Waals surface area contributed by atoms with Crippen molar-refractivity contribution in [2.24, 2.45) is 5.73 Å². The third kappa shape index (κ3) is 5.77. The first kappa shape index (κ1) is 21.3. The molecule has 1 fully saturated rings. The Balaban J connectivity index is 1.52. The van der Waals surface area contributed by atoms with Crippen molar-refractivity contribution in [3.63, 3.8) is 0 Å². The molecule has 2 N–H and O–H groups in total. The van der Waals surface area contributed by atoms with E-state index < -0.39 is 17.8 Å². The van der Waals surface area contributed by atoms with E-state index in [-0.39, 0.29) is 18.1 Å². The minimum Gasteiger partial charge on any atom is -0.339 e. The summed E-state index contributed by atoms with van der Waals surface area (Å²) in [6, 6.07) is 10.4. The first-order valence-corrected chi connectivity index (χ1v) is 9.39. The van der Waals surface area contributed by atoms with E-state index in [0.717, 1.165) is 17.7 Å². The van der Waals surface area contributed by atoms with Gasteiger partial charge in [0.25, 0.3) is 0 Å². The SMILES string of the molecule is NC(Cc1cccc(C(F)(F)F)c1)C(=O)N1CCN(Cc2cccc(F)c2)CC1. The highest BCUT2D eigenvalue weighted by molar-refractivity contribution is 5.82.